The van der Waals surface area contributed by atoms with Crippen molar-refractivity contribution >= 4 is 29.3 Å². The predicted octanol–water partition coefficient (Wildman–Crippen LogP) is 5.84. The molecule has 0 saturated carbocycles. The van der Waals surface area contributed by atoms with Crippen molar-refractivity contribution < 1.29 is 0 Å². The highest BCUT2D eigenvalue weighted by Crippen LogP contribution is 2.18. The van der Waals surface area contributed by atoms with Crippen molar-refractivity contribution in [3.05, 3.63) is 87.4 Å². The first kappa shape index (κ1) is 16.3. The molecule has 3 heteroatoms. The first-order valence-electron chi connectivity index (χ1n) is 7.78. The van der Waals surface area contributed by atoms with Crippen molar-refractivity contribution in [2.75, 3.05) is 13.1 Å². The quantitative estimate of drug-likeness (QED) is 0.674. The first-order valence-corrected chi connectivity index (χ1v) is 8.54. The minimum absolute atomic E-state index is 0.775. The number of allylic oxidation sites excluding steroid dienone is 1. The lowest BCUT2D eigenvalue weighted by Crippen LogP contribution is -2.27. The molecule has 0 saturated heterocycles. The second-order valence-corrected chi connectivity index (χ2v) is 6.65. The zero-order valence-electron chi connectivity index (χ0n) is 12.9. The summed E-state index contributed by atoms with van der Waals surface area (Å²) in [5.41, 5.74) is 3.88. The highest BCUT2D eigenvalue weighted by atomic mass is 35.5. The number of halogens is 2. The fourth-order valence-corrected chi connectivity index (χ4v) is 2.90. The van der Waals surface area contributed by atoms with Crippen molar-refractivity contribution in [1.82, 2.24) is 4.90 Å². The van der Waals surface area contributed by atoms with Gasteiger partial charge in [-0.25, -0.2) is 0 Å². The molecule has 2 aromatic rings. The van der Waals surface area contributed by atoms with Crippen molar-refractivity contribution in [2.24, 2.45) is 0 Å². The van der Waals surface area contributed by atoms with Gasteiger partial charge in [-0.2, -0.15) is 0 Å². The van der Waals surface area contributed by atoms with Gasteiger partial charge in [-0.1, -0.05) is 65.7 Å². The summed E-state index contributed by atoms with van der Waals surface area (Å²) >= 11 is 11.8. The standard InChI is InChI=1S/C20H19Cl2N/c21-19-7-3-16(4-8-19)1-2-17-11-13-23(14-12-17)15-18-5-9-20(22)10-6-18/h1-11H,12-15H2/b2-1+. The molecule has 23 heavy (non-hydrogen) atoms. The Morgan fingerprint density at radius 1 is 0.870 bits per heavy atom. The molecular formula is C20H19Cl2N. The number of rotatable bonds is 4. The van der Waals surface area contributed by atoms with Crippen LogP contribution in [-0.4, -0.2) is 18.0 Å². The third-order valence-electron chi connectivity index (χ3n) is 4.01. The normalized spacial score (nSPS) is 15.8. The summed E-state index contributed by atoms with van der Waals surface area (Å²) in [4.78, 5) is 2.45. The number of benzene rings is 2. The zero-order valence-corrected chi connectivity index (χ0v) is 14.4. The maximum absolute atomic E-state index is 5.93. The molecule has 0 unspecified atom stereocenters. The largest absolute Gasteiger partial charge is 0.295 e. The predicted molar refractivity (Wildman–Crippen MR) is 99.9 cm³/mol. The Morgan fingerprint density at radius 3 is 2.13 bits per heavy atom. The van der Waals surface area contributed by atoms with Crippen LogP contribution >= 0.6 is 23.2 Å². The molecule has 0 aliphatic carbocycles. The van der Waals surface area contributed by atoms with Crippen LogP contribution in [0.4, 0.5) is 0 Å². The second-order valence-electron chi connectivity index (χ2n) is 5.78. The van der Waals surface area contributed by atoms with Crippen molar-refractivity contribution in [3.8, 4) is 0 Å². The van der Waals surface area contributed by atoms with E-state index in [0.29, 0.717) is 0 Å². The van der Waals surface area contributed by atoms with Gasteiger partial charge in [0.15, 0.2) is 0 Å². The maximum atomic E-state index is 5.93. The Bertz CT molecular complexity index is 699. The molecule has 0 radical (unpaired) electrons. The van der Waals surface area contributed by atoms with Gasteiger partial charge in [0, 0.05) is 29.7 Å². The van der Waals surface area contributed by atoms with E-state index in [1.54, 1.807) is 0 Å². The summed E-state index contributed by atoms with van der Waals surface area (Å²) in [5.74, 6) is 0. The molecule has 118 valence electrons. The van der Waals surface area contributed by atoms with Crippen LogP contribution in [0.3, 0.4) is 0 Å². The summed E-state index contributed by atoms with van der Waals surface area (Å²) in [6.45, 7) is 3.05. The van der Waals surface area contributed by atoms with Crippen LogP contribution in [0, 0.1) is 0 Å². The third kappa shape index (κ3) is 4.97. The fourth-order valence-electron chi connectivity index (χ4n) is 2.65. The molecule has 0 aromatic heterocycles. The lowest BCUT2D eigenvalue weighted by atomic mass is 10.1. The van der Waals surface area contributed by atoms with Crippen LogP contribution < -0.4 is 0 Å². The van der Waals surface area contributed by atoms with Gasteiger partial charge in [-0.15, -0.1) is 0 Å². The van der Waals surface area contributed by atoms with Crippen LogP contribution in [0.25, 0.3) is 6.08 Å². The topological polar surface area (TPSA) is 3.24 Å². The summed E-state index contributed by atoms with van der Waals surface area (Å²) in [6, 6.07) is 16.0. The molecule has 0 N–H and O–H groups in total. The van der Waals surface area contributed by atoms with Gasteiger partial charge in [0.1, 0.15) is 0 Å². The molecule has 0 atom stereocenters. The second kappa shape index (κ2) is 7.83. The van der Waals surface area contributed by atoms with Crippen LogP contribution in [0.5, 0.6) is 0 Å². The Kier molecular flexibility index (Phi) is 5.56. The monoisotopic (exact) mass is 343 g/mol. The summed E-state index contributed by atoms with van der Waals surface area (Å²) < 4.78 is 0. The first-order chi connectivity index (χ1) is 11.2. The van der Waals surface area contributed by atoms with Gasteiger partial charge in [-0.05, 0) is 47.4 Å². The van der Waals surface area contributed by atoms with Crippen LogP contribution in [0.2, 0.25) is 10.0 Å². The lowest BCUT2D eigenvalue weighted by Gasteiger charge is -2.25. The maximum Gasteiger partial charge on any atom is 0.0406 e. The minimum atomic E-state index is 0.775. The summed E-state index contributed by atoms with van der Waals surface area (Å²) in [7, 11) is 0. The van der Waals surface area contributed by atoms with Crippen molar-refractivity contribution in [2.45, 2.75) is 13.0 Å². The molecule has 1 aliphatic heterocycles. The van der Waals surface area contributed by atoms with Gasteiger partial charge in [0.05, 0.1) is 0 Å². The van der Waals surface area contributed by atoms with Gasteiger partial charge < -0.3 is 0 Å². The average molecular weight is 344 g/mol. The molecule has 1 heterocycles. The highest BCUT2D eigenvalue weighted by molar-refractivity contribution is 6.30. The SMILES string of the molecule is Clc1ccc(/C=C/C2=CCN(Cc3ccc(Cl)cc3)CC2)cc1. The van der Waals surface area contributed by atoms with Crippen LogP contribution in [-0.2, 0) is 6.54 Å². The average Bonchev–Trinajstić information content (AvgIpc) is 2.58. The van der Waals surface area contributed by atoms with E-state index in [4.69, 9.17) is 23.2 Å². The number of nitrogens with zero attached hydrogens (tertiary/aromatic N) is 1. The van der Waals surface area contributed by atoms with E-state index in [1.807, 2.05) is 36.4 Å². The molecular weight excluding hydrogens is 325 g/mol. The van der Waals surface area contributed by atoms with E-state index in [9.17, 15) is 0 Å². The zero-order chi connectivity index (χ0) is 16.1. The molecule has 0 spiro atoms. The lowest BCUT2D eigenvalue weighted by molar-refractivity contribution is 0.287. The van der Waals surface area contributed by atoms with Crippen LogP contribution in [0.15, 0.2) is 66.3 Å². The van der Waals surface area contributed by atoms with Gasteiger partial charge in [-0.3, -0.25) is 4.90 Å². The summed E-state index contributed by atoms with van der Waals surface area (Å²) in [6.07, 6.45) is 7.75. The fraction of sp³-hybridized carbons (Fsp3) is 0.200. The van der Waals surface area contributed by atoms with Crippen molar-refractivity contribution in [1.29, 1.82) is 0 Å². The smallest absolute Gasteiger partial charge is 0.0406 e. The van der Waals surface area contributed by atoms with E-state index in [-0.39, 0.29) is 0 Å². The molecule has 3 rings (SSSR count). The van der Waals surface area contributed by atoms with Gasteiger partial charge in [0.2, 0.25) is 0 Å². The van der Waals surface area contributed by atoms with E-state index >= 15 is 0 Å². The van der Waals surface area contributed by atoms with E-state index in [0.717, 1.165) is 36.1 Å². The molecule has 0 fully saturated rings. The molecule has 1 aliphatic rings. The van der Waals surface area contributed by atoms with Gasteiger partial charge >= 0.3 is 0 Å². The highest BCUT2D eigenvalue weighted by Gasteiger charge is 2.10. The third-order valence-corrected chi connectivity index (χ3v) is 4.51. The van der Waals surface area contributed by atoms with Crippen LogP contribution in [0.1, 0.15) is 17.5 Å². The van der Waals surface area contributed by atoms with E-state index in [1.165, 1.54) is 16.7 Å². The Balaban J connectivity index is 1.55. The Labute approximate surface area is 147 Å². The summed E-state index contributed by atoms with van der Waals surface area (Å²) in [5, 5.41) is 1.57. The number of hydrogen-bond acceptors (Lipinski definition) is 1. The molecule has 0 bridgehead atoms. The van der Waals surface area contributed by atoms with E-state index < -0.39 is 0 Å². The van der Waals surface area contributed by atoms with E-state index in [2.05, 4.69) is 35.3 Å². The minimum Gasteiger partial charge on any atom is -0.295 e. The molecule has 1 nitrogen and oxygen atoms in total. The molecule has 2 aromatic carbocycles. The van der Waals surface area contributed by atoms with Gasteiger partial charge in [0.25, 0.3) is 0 Å². The molecule has 0 amide bonds. The van der Waals surface area contributed by atoms with Crippen molar-refractivity contribution in [3.63, 3.8) is 0 Å². The number of hydrogen-bond donors (Lipinski definition) is 0. The Morgan fingerprint density at radius 2 is 1.52 bits per heavy atom. The Hall–Kier alpha value is -1.54.